The summed E-state index contributed by atoms with van der Waals surface area (Å²) in [5, 5.41) is 9.62. The van der Waals surface area contributed by atoms with Crippen LogP contribution >= 0.6 is 0 Å². The number of aliphatic carboxylic acids is 1. The van der Waals surface area contributed by atoms with Crippen molar-refractivity contribution in [2.24, 2.45) is 0 Å². The Kier molecular flexibility index (Phi) is 8.91. The highest BCUT2D eigenvalue weighted by molar-refractivity contribution is 5.81. The number of nitrogens with zero attached hydrogens (tertiary/aromatic N) is 1. The Balaban J connectivity index is 1.34. The molecule has 1 aliphatic heterocycles. The lowest BCUT2D eigenvalue weighted by Crippen LogP contribution is -2.47. The number of carboxylic acids is 1. The number of amides is 1. The SMILES string of the molecule is CN(C(=O)OCC1c2ccccc2-c2ccccc21)[C@@H](COCC(OC1CCCCO1)C(F)(F)F)C(=O)O. The fourth-order valence-electron chi connectivity index (χ4n) is 4.67. The zero-order valence-corrected chi connectivity index (χ0v) is 20.9. The number of rotatable bonds is 10. The van der Waals surface area contributed by atoms with Gasteiger partial charge in [0.25, 0.3) is 0 Å². The Morgan fingerprint density at radius 1 is 1.05 bits per heavy atom. The Labute approximate surface area is 218 Å². The summed E-state index contributed by atoms with van der Waals surface area (Å²) in [6, 6.07) is 13.9. The van der Waals surface area contributed by atoms with Crippen molar-refractivity contribution >= 4 is 12.1 Å². The second kappa shape index (κ2) is 12.1. The molecule has 1 N–H and O–H groups in total. The second-order valence-electron chi connectivity index (χ2n) is 9.27. The first-order chi connectivity index (χ1) is 18.2. The molecule has 0 radical (unpaired) electrons. The number of benzene rings is 2. The highest BCUT2D eigenvalue weighted by Gasteiger charge is 2.43. The summed E-state index contributed by atoms with van der Waals surface area (Å²) in [6.07, 6.45) is -7.20. The van der Waals surface area contributed by atoms with E-state index in [0.717, 1.165) is 33.6 Å². The molecule has 3 atom stereocenters. The summed E-state index contributed by atoms with van der Waals surface area (Å²) in [7, 11) is 1.20. The molecule has 2 aromatic rings. The molecule has 2 aromatic carbocycles. The van der Waals surface area contributed by atoms with Crippen LogP contribution in [0.15, 0.2) is 48.5 Å². The zero-order chi connectivity index (χ0) is 27.3. The van der Waals surface area contributed by atoms with Gasteiger partial charge in [0.15, 0.2) is 18.4 Å². The number of carboxylic acid groups (broad SMARTS) is 1. The van der Waals surface area contributed by atoms with Gasteiger partial charge in [0.05, 0.1) is 13.2 Å². The maximum Gasteiger partial charge on any atom is 0.417 e. The number of fused-ring (bicyclic) bond motifs is 3. The lowest BCUT2D eigenvalue weighted by molar-refractivity contribution is -0.288. The van der Waals surface area contributed by atoms with E-state index in [9.17, 15) is 27.9 Å². The molecule has 0 saturated carbocycles. The third-order valence-electron chi connectivity index (χ3n) is 6.74. The molecule has 38 heavy (non-hydrogen) atoms. The normalized spacial score (nSPS) is 18.8. The molecule has 4 rings (SSSR count). The molecular weight excluding hydrogens is 507 g/mol. The van der Waals surface area contributed by atoms with E-state index in [-0.39, 0.29) is 12.5 Å². The van der Waals surface area contributed by atoms with Gasteiger partial charge in [-0.05, 0) is 41.5 Å². The van der Waals surface area contributed by atoms with E-state index in [4.69, 9.17) is 18.9 Å². The van der Waals surface area contributed by atoms with Gasteiger partial charge in [0, 0.05) is 19.6 Å². The fraction of sp³-hybridized carbons (Fsp3) is 0.481. The highest BCUT2D eigenvalue weighted by Crippen LogP contribution is 2.44. The van der Waals surface area contributed by atoms with Gasteiger partial charge in [-0.3, -0.25) is 4.90 Å². The number of hydrogen-bond donors (Lipinski definition) is 1. The maximum absolute atomic E-state index is 13.4. The smallest absolute Gasteiger partial charge is 0.417 e. The molecule has 1 aliphatic carbocycles. The third-order valence-corrected chi connectivity index (χ3v) is 6.74. The Hall–Kier alpha value is -3.15. The summed E-state index contributed by atoms with van der Waals surface area (Å²) in [4.78, 5) is 25.4. The molecule has 1 fully saturated rings. The molecule has 0 bridgehead atoms. The maximum atomic E-state index is 13.4. The number of likely N-dealkylation sites (N-methyl/N-ethyl adjacent to an activating group) is 1. The van der Waals surface area contributed by atoms with E-state index >= 15 is 0 Å². The van der Waals surface area contributed by atoms with Gasteiger partial charge in [0.1, 0.15) is 6.61 Å². The van der Waals surface area contributed by atoms with Crippen LogP contribution in [0.5, 0.6) is 0 Å². The summed E-state index contributed by atoms with van der Waals surface area (Å²) >= 11 is 0. The monoisotopic (exact) mass is 537 g/mol. The van der Waals surface area contributed by atoms with E-state index in [1.165, 1.54) is 7.05 Å². The molecule has 206 valence electrons. The quantitative estimate of drug-likeness (QED) is 0.465. The van der Waals surface area contributed by atoms with Crippen LogP contribution in [0, 0.1) is 0 Å². The van der Waals surface area contributed by atoms with Gasteiger partial charge in [-0.2, -0.15) is 13.2 Å². The molecule has 8 nitrogen and oxygen atoms in total. The van der Waals surface area contributed by atoms with Crippen LogP contribution in [-0.2, 0) is 23.7 Å². The molecule has 2 unspecified atom stereocenters. The Bertz CT molecular complexity index is 1070. The number of alkyl halides is 3. The van der Waals surface area contributed by atoms with Crippen molar-refractivity contribution in [1.29, 1.82) is 0 Å². The van der Waals surface area contributed by atoms with E-state index in [0.29, 0.717) is 19.4 Å². The summed E-state index contributed by atoms with van der Waals surface area (Å²) in [5.74, 6) is -1.67. The van der Waals surface area contributed by atoms with Gasteiger partial charge >= 0.3 is 18.2 Å². The summed E-state index contributed by atoms with van der Waals surface area (Å²) < 4.78 is 61.1. The molecule has 1 saturated heterocycles. The van der Waals surface area contributed by atoms with Gasteiger partial charge in [-0.25, -0.2) is 9.59 Å². The number of carbonyl (C=O) groups is 2. The van der Waals surface area contributed by atoms with Crippen molar-refractivity contribution in [3.8, 4) is 11.1 Å². The van der Waals surface area contributed by atoms with Crippen LogP contribution < -0.4 is 0 Å². The minimum Gasteiger partial charge on any atom is -0.480 e. The van der Waals surface area contributed by atoms with Gasteiger partial charge < -0.3 is 24.1 Å². The van der Waals surface area contributed by atoms with Crippen molar-refractivity contribution in [3.05, 3.63) is 59.7 Å². The molecule has 2 aliphatic rings. The average molecular weight is 538 g/mol. The number of ether oxygens (including phenoxy) is 4. The largest absolute Gasteiger partial charge is 0.480 e. The number of hydrogen-bond acceptors (Lipinski definition) is 6. The van der Waals surface area contributed by atoms with E-state index in [2.05, 4.69) is 0 Å². The van der Waals surface area contributed by atoms with Crippen LogP contribution in [-0.4, -0.2) is 80.2 Å². The lowest BCUT2D eigenvalue weighted by Gasteiger charge is -2.29. The van der Waals surface area contributed by atoms with Crippen molar-refractivity contribution in [2.75, 3.05) is 33.5 Å². The first-order valence-corrected chi connectivity index (χ1v) is 12.4. The molecule has 0 spiro atoms. The first-order valence-electron chi connectivity index (χ1n) is 12.4. The average Bonchev–Trinajstić information content (AvgIpc) is 3.22. The van der Waals surface area contributed by atoms with E-state index in [1.807, 2.05) is 48.5 Å². The third kappa shape index (κ3) is 6.46. The first kappa shape index (κ1) is 27.9. The highest BCUT2D eigenvalue weighted by atomic mass is 19.4. The number of halogens is 3. The summed E-state index contributed by atoms with van der Waals surface area (Å²) in [6.45, 7) is -1.35. The van der Waals surface area contributed by atoms with Crippen LogP contribution in [0.2, 0.25) is 0 Å². The molecule has 1 amide bonds. The molecular formula is C27H30F3NO7. The summed E-state index contributed by atoms with van der Waals surface area (Å²) in [5.41, 5.74) is 4.05. The van der Waals surface area contributed by atoms with Gasteiger partial charge in [-0.15, -0.1) is 0 Å². The van der Waals surface area contributed by atoms with Crippen molar-refractivity contribution in [3.63, 3.8) is 0 Å². The van der Waals surface area contributed by atoms with E-state index in [1.54, 1.807) is 0 Å². The van der Waals surface area contributed by atoms with Crippen molar-refractivity contribution < 1.29 is 46.8 Å². The lowest BCUT2D eigenvalue weighted by atomic mass is 9.98. The van der Waals surface area contributed by atoms with Crippen molar-refractivity contribution in [2.45, 2.75) is 49.8 Å². The standard InChI is InChI=1S/C27H30F3NO7/c1-31(22(25(32)33)15-35-16-23(27(28,29)30)38-24-12-6-7-13-36-24)26(34)37-14-21-19-10-4-2-8-17(19)18-9-3-5-11-20(18)21/h2-5,8-11,21-24H,6-7,12-16H2,1H3,(H,32,33)/t22-,23?,24?/m0/s1. The molecule has 0 aromatic heterocycles. The molecule has 11 heteroatoms. The molecule has 1 heterocycles. The minimum atomic E-state index is -4.74. The predicted molar refractivity (Wildman–Crippen MR) is 130 cm³/mol. The predicted octanol–water partition coefficient (Wildman–Crippen LogP) is 4.81. The van der Waals surface area contributed by atoms with Crippen LogP contribution in [0.25, 0.3) is 11.1 Å². The topological polar surface area (TPSA) is 94.5 Å². The van der Waals surface area contributed by atoms with Crippen molar-refractivity contribution in [1.82, 2.24) is 4.90 Å². The van der Waals surface area contributed by atoms with Crippen LogP contribution in [0.3, 0.4) is 0 Å². The van der Waals surface area contributed by atoms with Crippen LogP contribution in [0.1, 0.15) is 36.3 Å². The van der Waals surface area contributed by atoms with E-state index < -0.39 is 49.9 Å². The Morgan fingerprint density at radius 3 is 2.24 bits per heavy atom. The zero-order valence-electron chi connectivity index (χ0n) is 20.9. The fourth-order valence-corrected chi connectivity index (χ4v) is 4.67. The van der Waals surface area contributed by atoms with Crippen LogP contribution in [0.4, 0.5) is 18.0 Å². The Morgan fingerprint density at radius 2 is 1.68 bits per heavy atom. The van der Waals surface area contributed by atoms with Gasteiger partial charge in [0.2, 0.25) is 0 Å². The van der Waals surface area contributed by atoms with Gasteiger partial charge in [-0.1, -0.05) is 48.5 Å². The minimum absolute atomic E-state index is 0.0320. The second-order valence-corrected chi connectivity index (χ2v) is 9.27. The number of carbonyl (C=O) groups excluding carboxylic acids is 1.